The number of benzene rings is 1. The first-order valence-corrected chi connectivity index (χ1v) is 7.96. The molecule has 1 atom stereocenters. The summed E-state index contributed by atoms with van der Waals surface area (Å²) in [6.45, 7) is 4.56. The van der Waals surface area contributed by atoms with E-state index in [1.54, 1.807) is 13.8 Å². The summed E-state index contributed by atoms with van der Waals surface area (Å²) in [5.41, 5.74) is 0.884. The Bertz CT molecular complexity index is 541. The SMILES string of the molecule is CCOC(=O)CC1(C(C)NC(=O)OCc2ccccc2)OCCO1. The molecule has 7 nitrogen and oxygen atoms in total. The first kappa shape index (κ1) is 18.2. The summed E-state index contributed by atoms with van der Waals surface area (Å²) in [5.74, 6) is -1.66. The number of alkyl carbamates (subject to hydrolysis) is 1. The maximum atomic E-state index is 12.0. The maximum absolute atomic E-state index is 12.0. The highest BCUT2D eigenvalue weighted by molar-refractivity contribution is 5.71. The number of rotatable bonds is 7. The molecule has 1 aliphatic rings. The Balaban J connectivity index is 1.88. The highest BCUT2D eigenvalue weighted by Crippen LogP contribution is 2.28. The Kier molecular flexibility index (Phi) is 6.57. The number of amides is 1. The molecule has 1 aromatic carbocycles. The molecule has 0 radical (unpaired) electrons. The van der Waals surface area contributed by atoms with Crippen molar-refractivity contribution in [3.8, 4) is 0 Å². The van der Waals surface area contributed by atoms with Gasteiger partial charge in [0.2, 0.25) is 0 Å². The van der Waals surface area contributed by atoms with E-state index in [4.69, 9.17) is 18.9 Å². The summed E-state index contributed by atoms with van der Waals surface area (Å²) in [6.07, 6.45) is -0.699. The van der Waals surface area contributed by atoms with Gasteiger partial charge in [0.05, 0.1) is 25.9 Å². The van der Waals surface area contributed by atoms with Crippen LogP contribution in [-0.4, -0.2) is 43.7 Å². The molecule has 0 spiro atoms. The Labute approximate surface area is 141 Å². The van der Waals surface area contributed by atoms with Gasteiger partial charge in [0, 0.05) is 0 Å². The molecule has 2 rings (SSSR count). The van der Waals surface area contributed by atoms with Gasteiger partial charge < -0.3 is 24.3 Å². The molecule has 1 unspecified atom stereocenters. The van der Waals surface area contributed by atoms with Crippen molar-refractivity contribution in [2.75, 3.05) is 19.8 Å². The Morgan fingerprint density at radius 3 is 2.50 bits per heavy atom. The molecule has 1 N–H and O–H groups in total. The van der Waals surface area contributed by atoms with Gasteiger partial charge in [-0.25, -0.2) is 4.79 Å². The zero-order chi connectivity index (χ0) is 17.4. The molecule has 0 aliphatic carbocycles. The van der Waals surface area contributed by atoms with E-state index < -0.39 is 23.9 Å². The quantitative estimate of drug-likeness (QED) is 0.766. The van der Waals surface area contributed by atoms with E-state index in [0.717, 1.165) is 5.56 Å². The number of esters is 1. The minimum absolute atomic E-state index is 0.0963. The number of hydrogen-bond donors (Lipinski definition) is 1. The molecule has 1 aromatic rings. The normalized spacial score (nSPS) is 17.1. The van der Waals surface area contributed by atoms with Gasteiger partial charge in [0.15, 0.2) is 5.79 Å². The predicted octanol–water partition coefficient (Wildman–Crippen LogP) is 2.00. The van der Waals surface area contributed by atoms with Gasteiger partial charge in [-0.3, -0.25) is 4.79 Å². The highest BCUT2D eigenvalue weighted by atomic mass is 16.7. The van der Waals surface area contributed by atoms with Gasteiger partial charge in [-0.1, -0.05) is 30.3 Å². The van der Waals surface area contributed by atoms with E-state index in [1.165, 1.54) is 0 Å². The molecule has 1 saturated heterocycles. The average molecular weight is 337 g/mol. The van der Waals surface area contributed by atoms with E-state index in [9.17, 15) is 9.59 Å². The third kappa shape index (κ3) is 4.94. The third-order valence-corrected chi connectivity index (χ3v) is 3.68. The second-order valence-electron chi connectivity index (χ2n) is 5.42. The van der Waals surface area contributed by atoms with Crippen LogP contribution in [0.4, 0.5) is 4.79 Å². The average Bonchev–Trinajstić information content (AvgIpc) is 3.04. The first-order valence-electron chi connectivity index (χ1n) is 7.96. The lowest BCUT2D eigenvalue weighted by Gasteiger charge is -2.32. The van der Waals surface area contributed by atoms with Gasteiger partial charge in [0.25, 0.3) is 0 Å². The smallest absolute Gasteiger partial charge is 0.407 e. The molecule has 1 amide bonds. The second kappa shape index (κ2) is 8.65. The summed E-state index contributed by atoms with van der Waals surface area (Å²) < 4.78 is 21.3. The minimum atomic E-state index is -1.22. The van der Waals surface area contributed by atoms with Crippen LogP contribution >= 0.6 is 0 Å². The molecular weight excluding hydrogens is 314 g/mol. The van der Waals surface area contributed by atoms with Crippen molar-refractivity contribution >= 4 is 12.1 Å². The van der Waals surface area contributed by atoms with Crippen LogP contribution in [0.2, 0.25) is 0 Å². The molecule has 7 heteroatoms. The van der Waals surface area contributed by atoms with Crippen molar-refractivity contribution in [1.29, 1.82) is 0 Å². The van der Waals surface area contributed by atoms with Crippen LogP contribution in [-0.2, 0) is 30.3 Å². The summed E-state index contributed by atoms with van der Waals surface area (Å²) in [4.78, 5) is 23.8. The van der Waals surface area contributed by atoms with E-state index in [0.29, 0.717) is 13.2 Å². The maximum Gasteiger partial charge on any atom is 0.407 e. The molecular formula is C17H23NO6. The topological polar surface area (TPSA) is 83.1 Å². The van der Waals surface area contributed by atoms with Gasteiger partial charge in [-0.2, -0.15) is 0 Å². The lowest BCUT2D eigenvalue weighted by molar-refractivity contribution is -0.193. The van der Waals surface area contributed by atoms with Crippen molar-refractivity contribution < 1.29 is 28.5 Å². The molecule has 132 valence electrons. The Hall–Kier alpha value is -2.12. The number of nitrogens with one attached hydrogen (secondary N) is 1. The van der Waals surface area contributed by atoms with Crippen molar-refractivity contribution in [1.82, 2.24) is 5.32 Å². The lowest BCUT2D eigenvalue weighted by atomic mass is 10.1. The zero-order valence-electron chi connectivity index (χ0n) is 13.9. The van der Waals surface area contributed by atoms with Gasteiger partial charge in [-0.05, 0) is 19.4 Å². The number of ether oxygens (including phenoxy) is 4. The van der Waals surface area contributed by atoms with Gasteiger partial charge in [0.1, 0.15) is 13.0 Å². The van der Waals surface area contributed by atoms with Crippen LogP contribution in [0, 0.1) is 0 Å². The van der Waals surface area contributed by atoms with Gasteiger partial charge >= 0.3 is 12.1 Å². The number of carbonyl (C=O) groups is 2. The molecule has 0 aromatic heterocycles. The van der Waals surface area contributed by atoms with Crippen LogP contribution in [0.3, 0.4) is 0 Å². The Morgan fingerprint density at radius 1 is 1.21 bits per heavy atom. The zero-order valence-corrected chi connectivity index (χ0v) is 13.9. The summed E-state index contributed by atoms with van der Waals surface area (Å²) in [5, 5.41) is 2.66. The number of carbonyl (C=O) groups excluding carboxylic acids is 2. The van der Waals surface area contributed by atoms with Crippen LogP contribution in [0.1, 0.15) is 25.8 Å². The van der Waals surface area contributed by atoms with E-state index in [-0.39, 0.29) is 19.6 Å². The fourth-order valence-electron chi connectivity index (χ4n) is 2.44. The second-order valence-corrected chi connectivity index (χ2v) is 5.42. The molecule has 0 bridgehead atoms. The summed E-state index contributed by atoms with van der Waals surface area (Å²) in [6, 6.07) is 8.78. The molecule has 0 saturated carbocycles. The molecule has 24 heavy (non-hydrogen) atoms. The summed E-state index contributed by atoms with van der Waals surface area (Å²) in [7, 11) is 0. The lowest BCUT2D eigenvalue weighted by Crippen LogP contribution is -2.53. The highest BCUT2D eigenvalue weighted by Gasteiger charge is 2.45. The van der Waals surface area contributed by atoms with Crippen LogP contribution < -0.4 is 5.32 Å². The van der Waals surface area contributed by atoms with Crippen molar-refractivity contribution in [3.63, 3.8) is 0 Å². The first-order chi connectivity index (χ1) is 11.6. The van der Waals surface area contributed by atoms with E-state index in [2.05, 4.69) is 5.32 Å². The fourth-order valence-corrected chi connectivity index (χ4v) is 2.44. The monoisotopic (exact) mass is 337 g/mol. The van der Waals surface area contributed by atoms with Gasteiger partial charge in [-0.15, -0.1) is 0 Å². The van der Waals surface area contributed by atoms with Crippen molar-refractivity contribution in [2.45, 2.75) is 38.7 Å². The predicted molar refractivity (Wildman–Crippen MR) is 85.1 cm³/mol. The number of hydrogen-bond acceptors (Lipinski definition) is 6. The molecule has 1 heterocycles. The minimum Gasteiger partial charge on any atom is -0.466 e. The van der Waals surface area contributed by atoms with Crippen molar-refractivity contribution in [2.24, 2.45) is 0 Å². The van der Waals surface area contributed by atoms with E-state index >= 15 is 0 Å². The molecule has 1 aliphatic heterocycles. The van der Waals surface area contributed by atoms with Crippen LogP contribution in [0.15, 0.2) is 30.3 Å². The fraction of sp³-hybridized carbons (Fsp3) is 0.529. The third-order valence-electron chi connectivity index (χ3n) is 3.68. The van der Waals surface area contributed by atoms with E-state index in [1.807, 2.05) is 30.3 Å². The Morgan fingerprint density at radius 2 is 1.88 bits per heavy atom. The largest absolute Gasteiger partial charge is 0.466 e. The standard InChI is InChI=1S/C17H23NO6/c1-3-21-15(19)11-17(23-9-10-24-17)13(2)18-16(20)22-12-14-7-5-4-6-8-14/h4-8,13H,3,9-12H2,1-2H3,(H,18,20). The molecule has 1 fully saturated rings. The van der Waals surface area contributed by atoms with Crippen LogP contribution in [0.25, 0.3) is 0 Å². The summed E-state index contributed by atoms with van der Waals surface area (Å²) >= 11 is 0. The van der Waals surface area contributed by atoms with Crippen molar-refractivity contribution in [3.05, 3.63) is 35.9 Å². The van der Waals surface area contributed by atoms with Crippen LogP contribution in [0.5, 0.6) is 0 Å².